The van der Waals surface area contributed by atoms with Gasteiger partial charge in [0.1, 0.15) is 61.7 Å². The summed E-state index contributed by atoms with van der Waals surface area (Å²) in [6.07, 6.45) is -12.8. The summed E-state index contributed by atoms with van der Waals surface area (Å²) in [5, 5.41) is 69.4. The second-order valence-corrected chi connectivity index (χ2v) is 7.62. The zero-order valence-electron chi connectivity index (χ0n) is 16.9. The predicted octanol–water partition coefficient (Wildman–Crippen LogP) is -4.09. The number of carbonyl (C=O) groups excluding carboxylic acids is 2. The lowest BCUT2D eigenvalue weighted by molar-refractivity contribution is -0.383. The third-order valence-electron chi connectivity index (χ3n) is 5.21. The van der Waals surface area contributed by atoms with Gasteiger partial charge in [-0.1, -0.05) is 0 Å². The van der Waals surface area contributed by atoms with Gasteiger partial charge in [-0.2, -0.15) is 0 Å². The van der Waals surface area contributed by atoms with Gasteiger partial charge < -0.3 is 59.5 Å². The Kier molecular flexibility index (Phi) is 9.27. The van der Waals surface area contributed by atoms with Crippen LogP contribution in [-0.2, 0) is 28.5 Å². The van der Waals surface area contributed by atoms with E-state index in [0.717, 1.165) is 0 Å². The molecule has 13 heteroatoms. The molecule has 9 atom stereocenters. The van der Waals surface area contributed by atoms with Crippen LogP contribution in [-0.4, -0.2) is 122 Å². The molecule has 2 heterocycles. The summed E-state index contributed by atoms with van der Waals surface area (Å²) < 4.78 is 20.9. The number of aliphatic hydroxyl groups excluding tert-OH is 7. The molecule has 0 spiro atoms. The molecule has 2 aliphatic rings. The number of aliphatic hydroxyl groups is 7. The van der Waals surface area contributed by atoms with Crippen molar-refractivity contribution in [3.63, 3.8) is 0 Å². The number of ether oxygens (including phenoxy) is 4. The largest absolute Gasteiger partial charge is 0.463 e. The van der Waals surface area contributed by atoms with Crippen LogP contribution in [0.25, 0.3) is 0 Å². The Hall–Kier alpha value is -1.26. The highest BCUT2D eigenvalue weighted by Gasteiger charge is 2.58. The lowest BCUT2D eigenvalue weighted by Gasteiger charge is -2.43. The van der Waals surface area contributed by atoms with Crippen LogP contribution in [0.1, 0.15) is 26.2 Å². The predicted molar refractivity (Wildman–Crippen MR) is 97.0 cm³/mol. The average molecular weight is 454 g/mol. The summed E-state index contributed by atoms with van der Waals surface area (Å²) >= 11 is 0. The van der Waals surface area contributed by atoms with E-state index in [9.17, 15) is 45.3 Å². The molecule has 0 aliphatic carbocycles. The van der Waals surface area contributed by atoms with E-state index in [1.54, 1.807) is 0 Å². The number of carbonyl (C=O) groups is 2. The van der Waals surface area contributed by atoms with Crippen molar-refractivity contribution in [1.29, 1.82) is 0 Å². The Balaban J connectivity index is 2.02. The summed E-state index contributed by atoms with van der Waals surface area (Å²) in [5.41, 5.74) is 0. The van der Waals surface area contributed by atoms with Crippen molar-refractivity contribution < 1.29 is 64.3 Å². The van der Waals surface area contributed by atoms with Gasteiger partial charge in [-0.3, -0.25) is 4.79 Å². The minimum absolute atomic E-state index is 0.0540. The standard InChI is InChI=1S/C18H30O13/c1-8(21)3-2-4-11(22)28-6-10-12(23)14(25)15(26)17(29-10)31-18(7-20)16(27)13(24)9(5-19)30-18/h9-10,12-17,19-20,23-27H,2-7H2,1H3/t9-,10-,12-,13-,14+,15-,16+,17-,18+/m1/s1. The third kappa shape index (κ3) is 5.96. The van der Waals surface area contributed by atoms with E-state index in [0.29, 0.717) is 0 Å². The van der Waals surface area contributed by atoms with E-state index in [4.69, 9.17) is 18.9 Å². The van der Waals surface area contributed by atoms with Gasteiger partial charge in [0.05, 0.1) is 6.61 Å². The van der Waals surface area contributed by atoms with Gasteiger partial charge in [0.15, 0.2) is 6.29 Å². The van der Waals surface area contributed by atoms with Gasteiger partial charge in [0, 0.05) is 12.8 Å². The minimum atomic E-state index is -2.30. The lowest BCUT2D eigenvalue weighted by atomic mass is 9.99. The van der Waals surface area contributed by atoms with Crippen LogP contribution in [0, 0.1) is 0 Å². The molecule has 0 aromatic rings. The fourth-order valence-corrected chi connectivity index (χ4v) is 3.35. The zero-order valence-corrected chi connectivity index (χ0v) is 16.9. The number of ketones is 1. The topological polar surface area (TPSA) is 213 Å². The average Bonchev–Trinajstić information content (AvgIpc) is 2.98. The smallest absolute Gasteiger partial charge is 0.305 e. The number of hydrogen-bond donors (Lipinski definition) is 7. The maximum atomic E-state index is 11.8. The summed E-state index contributed by atoms with van der Waals surface area (Å²) in [6.45, 7) is -0.860. The van der Waals surface area contributed by atoms with E-state index >= 15 is 0 Å². The fourth-order valence-electron chi connectivity index (χ4n) is 3.35. The van der Waals surface area contributed by atoms with Crippen LogP contribution >= 0.6 is 0 Å². The molecule has 0 radical (unpaired) electrons. The van der Waals surface area contributed by atoms with Gasteiger partial charge >= 0.3 is 5.97 Å². The molecule has 0 unspecified atom stereocenters. The molecule has 31 heavy (non-hydrogen) atoms. The number of rotatable bonds is 10. The van der Waals surface area contributed by atoms with Crippen molar-refractivity contribution in [2.45, 2.75) is 81.0 Å². The molecule has 2 aliphatic heterocycles. The molecule has 7 N–H and O–H groups in total. The molecule has 2 saturated heterocycles. The lowest BCUT2D eigenvalue weighted by Crippen LogP contribution is -2.62. The van der Waals surface area contributed by atoms with Crippen molar-refractivity contribution >= 4 is 11.8 Å². The van der Waals surface area contributed by atoms with E-state index in [-0.39, 0.29) is 25.0 Å². The summed E-state index contributed by atoms with van der Waals surface area (Å²) in [5.74, 6) is -3.06. The number of hydrogen-bond acceptors (Lipinski definition) is 13. The highest BCUT2D eigenvalue weighted by Crippen LogP contribution is 2.36. The first-order valence-electron chi connectivity index (χ1n) is 9.84. The first kappa shape index (κ1) is 26.0. The Morgan fingerprint density at radius 1 is 0.935 bits per heavy atom. The van der Waals surface area contributed by atoms with Crippen molar-refractivity contribution in [3.8, 4) is 0 Å². The van der Waals surface area contributed by atoms with Gasteiger partial charge in [-0.15, -0.1) is 0 Å². The van der Waals surface area contributed by atoms with Crippen molar-refractivity contribution in [1.82, 2.24) is 0 Å². The molecule has 0 bridgehead atoms. The number of esters is 1. The van der Waals surface area contributed by atoms with Crippen LogP contribution in [0.5, 0.6) is 0 Å². The Morgan fingerprint density at radius 3 is 2.16 bits per heavy atom. The van der Waals surface area contributed by atoms with E-state index in [2.05, 4.69) is 0 Å². The number of Topliss-reactive ketones (excluding diaryl/α,β-unsaturated/α-hetero) is 1. The second kappa shape index (κ2) is 11.0. The molecular weight excluding hydrogens is 424 g/mol. The van der Waals surface area contributed by atoms with Gasteiger partial charge in [-0.25, -0.2) is 0 Å². The fraction of sp³-hybridized carbons (Fsp3) is 0.889. The highest BCUT2D eigenvalue weighted by atomic mass is 16.8. The van der Waals surface area contributed by atoms with Crippen molar-refractivity contribution in [2.24, 2.45) is 0 Å². The molecule has 0 aromatic carbocycles. The van der Waals surface area contributed by atoms with E-state index in [1.165, 1.54) is 6.92 Å². The first-order valence-corrected chi connectivity index (χ1v) is 9.84. The van der Waals surface area contributed by atoms with Crippen molar-refractivity contribution in [2.75, 3.05) is 19.8 Å². The molecule has 2 rings (SSSR count). The summed E-state index contributed by atoms with van der Waals surface area (Å²) in [6, 6.07) is 0. The summed E-state index contributed by atoms with van der Waals surface area (Å²) in [4.78, 5) is 22.7. The molecule has 13 nitrogen and oxygen atoms in total. The van der Waals surface area contributed by atoms with Crippen LogP contribution in [0.3, 0.4) is 0 Å². The Labute approximate surface area is 177 Å². The second-order valence-electron chi connectivity index (χ2n) is 7.62. The van der Waals surface area contributed by atoms with Crippen LogP contribution in [0.4, 0.5) is 0 Å². The highest BCUT2D eigenvalue weighted by molar-refractivity contribution is 5.76. The van der Waals surface area contributed by atoms with E-state index in [1.807, 2.05) is 0 Å². The zero-order chi connectivity index (χ0) is 23.3. The normalized spacial score (nSPS) is 40.6. The molecule has 0 amide bonds. The Bertz CT molecular complexity index is 615. The minimum Gasteiger partial charge on any atom is -0.463 e. The SMILES string of the molecule is CC(=O)CCCC(=O)OC[C@H]1O[C@H](O[C@]2(CO)O[C@H](CO)[C@@H](O)[C@@H]2O)[C@H](O)[C@@H](O)[C@@H]1O. The van der Waals surface area contributed by atoms with Gasteiger partial charge in [0.2, 0.25) is 5.79 Å². The first-order chi connectivity index (χ1) is 14.6. The van der Waals surface area contributed by atoms with Crippen LogP contribution in [0.15, 0.2) is 0 Å². The quantitative estimate of drug-likeness (QED) is 0.157. The van der Waals surface area contributed by atoms with Crippen molar-refractivity contribution in [3.05, 3.63) is 0 Å². The van der Waals surface area contributed by atoms with Crippen LogP contribution in [0.2, 0.25) is 0 Å². The molecule has 0 saturated carbocycles. The maximum Gasteiger partial charge on any atom is 0.305 e. The maximum absolute atomic E-state index is 11.8. The molecule has 180 valence electrons. The van der Waals surface area contributed by atoms with Gasteiger partial charge in [0.25, 0.3) is 0 Å². The molecule has 0 aromatic heterocycles. The molecular formula is C18H30O13. The van der Waals surface area contributed by atoms with Crippen LogP contribution < -0.4 is 0 Å². The van der Waals surface area contributed by atoms with Gasteiger partial charge in [-0.05, 0) is 13.3 Å². The Morgan fingerprint density at radius 2 is 1.61 bits per heavy atom. The third-order valence-corrected chi connectivity index (χ3v) is 5.21. The monoisotopic (exact) mass is 454 g/mol. The van der Waals surface area contributed by atoms with E-state index < -0.39 is 80.6 Å². The summed E-state index contributed by atoms with van der Waals surface area (Å²) in [7, 11) is 0. The molecule has 2 fully saturated rings.